The van der Waals surface area contributed by atoms with Crippen molar-refractivity contribution in [3.05, 3.63) is 77.4 Å². The zero-order valence-electron chi connectivity index (χ0n) is 20.8. The molecule has 0 radical (unpaired) electrons. The van der Waals surface area contributed by atoms with E-state index < -0.39 is 0 Å². The van der Waals surface area contributed by atoms with E-state index in [1.54, 1.807) is 18.6 Å². The lowest BCUT2D eigenvalue weighted by atomic mass is 9.76. The standard InChI is InChI=1S/C28H33N5O2/c1-5-25(35-17-16-33-15-14-30-19-33)21-6-7-23(32-27(34)24-8-9-26(29-4)31-24)22(18-21)20-10-12-28(2,3)13-11-20/h6-7,9-10,14-15,18-19,25H,5,8,11-13,16-17H2,1-3H3,(H,32,34). The number of aromatic nitrogens is 2. The molecular weight excluding hydrogens is 438 g/mol. The van der Waals surface area contributed by atoms with Gasteiger partial charge < -0.3 is 19.5 Å². The molecule has 35 heavy (non-hydrogen) atoms. The molecular formula is C28H33N5O2. The maximum absolute atomic E-state index is 12.9. The molecule has 0 bridgehead atoms. The number of ether oxygens (including phenoxy) is 1. The van der Waals surface area contributed by atoms with Crippen molar-refractivity contribution in [3.63, 3.8) is 0 Å². The molecule has 2 heterocycles. The number of nitrogens with one attached hydrogen (secondary N) is 1. The number of carbonyl (C=O) groups is 1. The van der Waals surface area contributed by atoms with Crippen LogP contribution in [0.5, 0.6) is 0 Å². The molecule has 0 fully saturated rings. The largest absolute Gasteiger partial charge is 0.372 e. The first-order valence-electron chi connectivity index (χ1n) is 12.3. The van der Waals surface area contributed by atoms with Gasteiger partial charge in [0.15, 0.2) is 5.71 Å². The van der Waals surface area contributed by atoms with Crippen LogP contribution in [-0.4, -0.2) is 27.8 Å². The number of benzene rings is 1. The minimum absolute atomic E-state index is 0.0349. The first-order chi connectivity index (χ1) is 16.9. The molecule has 0 spiro atoms. The Morgan fingerprint density at radius 3 is 2.86 bits per heavy atom. The van der Waals surface area contributed by atoms with Crippen LogP contribution >= 0.6 is 0 Å². The van der Waals surface area contributed by atoms with Gasteiger partial charge in [0.05, 0.1) is 19.0 Å². The van der Waals surface area contributed by atoms with E-state index in [0.717, 1.165) is 49.0 Å². The van der Waals surface area contributed by atoms with E-state index in [-0.39, 0.29) is 23.2 Å². The minimum Gasteiger partial charge on any atom is -0.372 e. The highest BCUT2D eigenvalue weighted by Gasteiger charge is 2.26. The molecule has 1 aromatic heterocycles. The van der Waals surface area contributed by atoms with Crippen molar-refractivity contribution in [2.45, 2.75) is 65.5 Å². The van der Waals surface area contributed by atoms with Gasteiger partial charge in [-0.25, -0.2) is 4.98 Å². The average Bonchev–Trinajstić information content (AvgIpc) is 3.55. The van der Waals surface area contributed by atoms with Gasteiger partial charge in [-0.1, -0.05) is 45.6 Å². The van der Waals surface area contributed by atoms with Crippen LogP contribution in [0.15, 0.2) is 59.9 Å². The Balaban J connectivity index is 1.57. The van der Waals surface area contributed by atoms with Gasteiger partial charge in [-0.05, 0) is 54.4 Å². The minimum atomic E-state index is -0.255. The summed E-state index contributed by atoms with van der Waals surface area (Å²) in [6.45, 7) is 15.2. The fourth-order valence-corrected chi connectivity index (χ4v) is 4.45. The molecule has 182 valence electrons. The third-order valence-corrected chi connectivity index (χ3v) is 6.68. The number of amides is 1. The lowest BCUT2D eigenvalue weighted by molar-refractivity contribution is -0.110. The summed E-state index contributed by atoms with van der Waals surface area (Å²) in [6, 6.07) is 6.19. The van der Waals surface area contributed by atoms with Crippen molar-refractivity contribution < 1.29 is 9.53 Å². The predicted molar refractivity (Wildman–Crippen MR) is 139 cm³/mol. The number of hydrogen-bond donors (Lipinski definition) is 1. The van der Waals surface area contributed by atoms with E-state index in [1.165, 1.54) is 5.57 Å². The highest BCUT2D eigenvalue weighted by Crippen LogP contribution is 2.41. The number of allylic oxidation sites excluding steroid dienone is 3. The number of carbonyl (C=O) groups excluding carboxylic acids is 1. The van der Waals surface area contributed by atoms with Crippen molar-refractivity contribution in [1.82, 2.24) is 9.55 Å². The summed E-state index contributed by atoms with van der Waals surface area (Å²) in [5.41, 5.74) is 4.83. The van der Waals surface area contributed by atoms with E-state index in [9.17, 15) is 4.79 Å². The highest BCUT2D eigenvalue weighted by molar-refractivity contribution is 6.44. The molecule has 2 aromatic rings. The fraction of sp³-hybridized carbons (Fsp3) is 0.429. The zero-order valence-corrected chi connectivity index (χ0v) is 20.8. The maximum Gasteiger partial charge on any atom is 0.293 e. The number of hydrogen-bond acceptors (Lipinski definition) is 4. The van der Waals surface area contributed by atoms with E-state index in [0.29, 0.717) is 18.7 Å². The number of aliphatic imine (C=N–C) groups is 1. The second-order valence-electron chi connectivity index (χ2n) is 9.86. The van der Waals surface area contributed by atoms with Crippen LogP contribution < -0.4 is 5.32 Å². The van der Waals surface area contributed by atoms with E-state index in [2.05, 4.69) is 53.1 Å². The monoisotopic (exact) mass is 471 g/mol. The van der Waals surface area contributed by atoms with Crippen molar-refractivity contribution in [1.29, 1.82) is 0 Å². The van der Waals surface area contributed by atoms with E-state index >= 15 is 0 Å². The number of anilines is 1. The Morgan fingerprint density at radius 1 is 1.34 bits per heavy atom. The first kappa shape index (κ1) is 24.6. The lowest BCUT2D eigenvalue weighted by Gasteiger charge is -2.30. The van der Waals surface area contributed by atoms with Gasteiger partial charge in [0.1, 0.15) is 0 Å². The molecule has 1 aromatic carbocycles. The molecule has 1 amide bonds. The Bertz CT molecular complexity index is 1200. The van der Waals surface area contributed by atoms with Crippen molar-refractivity contribution >= 4 is 22.9 Å². The van der Waals surface area contributed by atoms with Crippen LogP contribution in [0.25, 0.3) is 10.4 Å². The molecule has 2 aliphatic rings. The Hall–Kier alpha value is -3.50. The lowest BCUT2D eigenvalue weighted by Crippen LogP contribution is -2.22. The average molecular weight is 472 g/mol. The van der Waals surface area contributed by atoms with E-state index in [1.807, 2.05) is 22.9 Å². The topological polar surface area (TPSA) is 72.9 Å². The van der Waals surface area contributed by atoms with Gasteiger partial charge in [-0.2, -0.15) is 0 Å². The van der Waals surface area contributed by atoms with Crippen LogP contribution in [0.1, 0.15) is 70.1 Å². The zero-order chi connectivity index (χ0) is 24.8. The van der Waals surface area contributed by atoms with Crippen molar-refractivity contribution in [2.24, 2.45) is 10.4 Å². The first-order valence-corrected chi connectivity index (χ1v) is 12.3. The van der Waals surface area contributed by atoms with E-state index in [4.69, 9.17) is 11.3 Å². The summed E-state index contributed by atoms with van der Waals surface area (Å²) in [5, 5.41) is 3.06. The van der Waals surface area contributed by atoms with Crippen LogP contribution in [0, 0.1) is 12.0 Å². The molecule has 0 saturated carbocycles. The van der Waals surface area contributed by atoms with Gasteiger partial charge >= 0.3 is 0 Å². The molecule has 1 N–H and O–H groups in total. The van der Waals surface area contributed by atoms with Gasteiger partial charge in [0.25, 0.3) is 11.7 Å². The van der Waals surface area contributed by atoms with Gasteiger partial charge in [0.2, 0.25) is 0 Å². The number of imidazole rings is 1. The molecule has 7 heteroatoms. The van der Waals surface area contributed by atoms with Crippen LogP contribution in [-0.2, 0) is 16.1 Å². The Morgan fingerprint density at radius 2 is 2.20 bits per heavy atom. The fourth-order valence-electron chi connectivity index (χ4n) is 4.45. The van der Waals surface area contributed by atoms with Crippen molar-refractivity contribution in [3.8, 4) is 0 Å². The highest BCUT2D eigenvalue weighted by atomic mass is 16.5. The molecule has 7 nitrogen and oxygen atoms in total. The number of nitrogens with zero attached hydrogens (tertiary/aromatic N) is 4. The van der Waals surface area contributed by atoms with Gasteiger partial charge in [-0.3, -0.25) is 4.79 Å². The Labute approximate surface area is 207 Å². The summed E-state index contributed by atoms with van der Waals surface area (Å²) in [7, 11) is 0. The number of rotatable bonds is 9. The molecule has 1 aliphatic heterocycles. The quantitative estimate of drug-likeness (QED) is 0.443. The maximum atomic E-state index is 12.9. The van der Waals surface area contributed by atoms with Gasteiger partial charge in [0, 0.05) is 36.6 Å². The molecule has 0 saturated heterocycles. The van der Waals surface area contributed by atoms with Crippen LogP contribution in [0.4, 0.5) is 5.69 Å². The second kappa shape index (κ2) is 10.8. The Kier molecular flexibility index (Phi) is 7.62. The summed E-state index contributed by atoms with van der Waals surface area (Å²) >= 11 is 0. The summed E-state index contributed by atoms with van der Waals surface area (Å²) < 4.78 is 8.25. The molecule has 1 aliphatic carbocycles. The normalized spacial score (nSPS) is 17.7. The van der Waals surface area contributed by atoms with Crippen LogP contribution in [0.2, 0.25) is 0 Å². The molecule has 1 atom stereocenters. The molecule has 4 rings (SSSR count). The molecule has 1 unspecified atom stereocenters. The summed E-state index contributed by atoms with van der Waals surface area (Å²) in [4.78, 5) is 24.5. The smallest absolute Gasteiger partial charge is 0.293 e. The van der Waals surface area contributed by atoms with Gasteiger partial charge in [-0.15, -0.1) is 4.99 Å². The van der Waals surface area contributed by atoms with Crippen molar-refractivity contribution in [2.75, 3.05) is 11.9 Å². The van der Waals surface area contributed by atoms with Crippen LogP contribution in [0.3, 0.4) is 0 Å². The SMILES string of the molecule is [C-]#[N+]C1=CCC(C(=O)Nc2ccc(C(CC)OCCn3ccnc3)cc2C2=CCC(C)(C)CC2)=N1. The second-order valence-corrected chi connectivity index (χ2v) is 9.86. The summed E-state index contributed by atoms with van der Waals surface area (Å²) in [6.07, 6.45) is 13.8. The third kappa shape index (κ3) is 6.14. The predicted octanol–water partition coefficient (Wildman–Crippen LogP) is 6.19. The third-order valence-electron chi connectivity index (χ3n) is 6.68. The summed E-state index contributed by atoms with van der Waals surface area (Å²) in [5.74, 6) is 0.0239.